The Bertz CT molecular complexity index is 4400. The SMILES string of the molecule is CC(C)(C)C.CC(C)(C)C.CC(C)(C)C.CC(C)(C)c1cc(F)cc2ccoc12.CC(C)(C)c1cccc2c1=NCN=2.CC(C)(C)c1cccc2cc[nH]c12.CC(C)(C)c1cccc2scnc12.Cn1ccc2ccccc21.Cn1ccc2ccccc21.c1ccc2occc2c1. The summed E-state index contributed by atoms with van der Waals surface area (Å²) in [6.45, 7) is 53.0. The summed E-state index contributed by atoms with van der Waals surface area (Å²) < 4.78 is 29.3. The average Bonchev–Trinajstić information content (AvgIpc) is 1.07. The number of H-pyrrole nitrogens is 1. The first-order valence-electron chi connectivity index (χ1n) is 33.9. The van der Waals surface area contributed by atoms with E-state index in [4.69, 9.17) is 8.83 Å². The van der Waals surface area contributed by atoms with E-state index in [0.717, 1.165) is 38.2 Å². The molecule has 1 aliphatic rings. The van der Waals surface area contributed by atoms with Gasteiger partial charge in [-0.05, 0) is 144 Å². The van der Waals surface area contributed by atoms with Crippen molar-refractivity contribution in [2.75, 3.05) is 6.67 Å². The van der Waals surface area contributed by atoms with E-state index in [-0.39, 0.29) is 27.5 Å². The number of thiazole rings is 1. The Morgan fingerprint density at radius 2 is 0.876 bits per heavy atom. The first-order valence-corrected chi connectivity index (χ1v) is 34.8. The van der Waals surface area contributed by atoms with E-state index in [1.165, 1.54) is 65.7 Å². The van der Waals surface area contributed by atoms with Crippen molar-refractivity contribution in [1.82, 2.24) is 19.1 Å². The molecule has 0 saturated carbocycles. The molecule has 97 heavy (non-hydrogen) atoms. The van der Waals surface area contributed by atoms with E-state index in [1.807, 2.05) is 68.9 Å². The number of fused-ring (bicyclic) bond motifs is 7. The number of hydrogen-bond acceptors (Lipinski definition) is 6. The van der Waals surface area contributed by atoms with Crippen LogP contribution in [-0.2, 0) is 35.8 Å². The maximum absolute atomic E-state index is 13.3. The number of nitrogens with zero attached hydrogens (tertiary/aromatic N) is 5. The Morgan fingerprint density at radius 1 is 0.423 bits per heavy atom. The van der Waals surface area contributed by atoms with Crippen molar-refractivity contribution in [1.29, 1.82) is 0 Å². The highest BCUT2D eigenvalue weighted by Gasteiger charge is 2.21. The molecule has 0 atom stereocenters. The Labute approximate surface area is 585 Å². The highest BCUT2D eigenvalue weighted by molar-refractivity contribution is 7.16. The van der Waals surface area contributed by atoms with Crippen molar-refractivity contribution in [3.8, 4) is 0 Å². The molecule has 0 fully saturated rings. The van der Waals surface area contributed by atoms with Gasteiger partial charge in [0.05, 0.1) is 39.0 Å². The molecule has 0 unspecified atom stereocenters. The normalized spacial score (nSPS) is 12.0. The molecule has 0 radical (unpaired) electrons. The minimum atomic E-state index is -0.205. The lowest BCUT2D eigenvalue weighted by Crippen LogP contribution is -2.32. The van der Waals surface area contributed by atoms with Crippen molar-refractivity contribution in [3.63, 3.8) is 0 Å². The van der Waals surface area contributed by atoms with Crippen molar-refractivity contribution < 1.29 is 13.2 Å². The summed E-state index contributed by atoms with van der Waals surface area (Å²) in [5.74, 6) is -0.205. The largest absolute Gasteiger partial charge is 0.464 e. The number of benzene rings is 7. The topological polar surface area (TPSA) is 89.5 Å². The van der Waals surface area contributed by atoms with E-state index < -0.39 is 0 Å². The second kappa shape index (κ2) is 34.2. The lowest BCUT2D eigenvalue weighted by molar-refractivity contribution is 0.469. The van der Waals surface area contributed by atoms with Crippen LogP contribution in [0.5, 0.6) is 0 Å². The van der Waals surface area contributed by atoms with Gasteiger partial charge in [0.25, 0.3) is 0 Å². The number of aromatic nitrogens is 4. The molecule has 8 nitrogen and oxygen atoms in total. The number of aromatic amines is 1. The number of furan rings is 2. The molecule has 518 valence electrons. The Kier molecular flexibility index (Phi) is 28.0. The van der Waals surface area contributed by atoms with Gasteiger partial charge >= 0.3 is 0 Å². The molecule has 1 N–H and O–H groups in total. The third kappa shape index (κ3) is 26.9. The third-order valence-corrected chi connectivity index (χ3v) is 14.9. The lowest BCUT2D eigenvalue weighted by Gasteiger charge is -2.19. The van der Waals surface area contributed by atoms with Crippen molar-refractivity contribution in [2.24, 2.45) is 40.3 Å². The van der Waals surface area contributed by atoms with Crippen LogP contribution in [0.4, 0.5) is 4.39 Å². The van der Waals surface area contributed by atoms with Gasteiger partial charge in [-0.2, -0.15) is 0 Å². The van der Waals surface area contributed by atoms with Crippen molar-refractivity contribution >= 4 is 76.2 Å². The minimum absolute atomic E-state index is 0.0990. The Hall–Kier alpha value is -8.34. The van der Waals surface area contributed by atoms with Crippen LogP contribution in [0, 0.1) is 22.1 Å². The third-order valence-electron chi connectivity index (χ3n) is 14.1. The zero-order valence-corrected chi connectivity index (χ0v) is 64.5. The molecule has 13 aromatic rings. The van der Waals surface area contributed by atoms with E-state index in [0.29, 0.717) is 22.9 Å². The van der Waals surface area contributed by atoms with Gasteiger partial charge < -0.3 is 23.0 Å². The summed E-state index contributed by atoms with van der Waals surface area (Å²) in [7, 11) is 4.12. The number of aryl methyl sites for hydroxylation is 2. The molecule has 1 aliphatic heterocycles. The molecule has 7 aromatic carbocycles. The number of para-hydroxylation sites is 6. The summed E-state index contributed by atoms with van der Waals surface area (Å²) >= 11 is 1.71. The Balaban J connectivity index is 0.000000198. The van der Waals surface area contributed by atoms with Gasteiger partial charge in [-0.25, -0.2) is 9.37 Å². The van der Waals surface area contributed by atoms with Gasteiger partial charge in [0.2, 0.25) is 0 Å². The van der Waals surface area contributed by atoms with Crippen LogP contribution in [0.15, 0.2) is 225 Å². The van der Waals surface area contributed by atoms with E-state index in [1.54, 1.807) is 36.0 Å². The second-order valence-electron chi connectivity index (χ2n) is 33.6. The number of halogens is 1. The summed E-state index contributed by atoms with van der Waals surface area (Å²) in [5.41, 5.74) is 15.6. The van der Waals surface area contributed by atoms with Gasteiger partial charge in [-0.15, -0.1) is 11.3 Å². The first-order chi connectivity index (χ1) is 45.0. The average molecular weight is 1330 g/mol. The monoisotopic (exact) mass is 1330 g/mol. The predicted molar refractivity (Wildman–Crippen MR) is 420 cm³/mol. The summed E-state index contributed by atoms with van der Waals surface area (Å²) in [5, 5.41) is 8.05. The van der Waals surface area contributed by atoms with Crippen LogP contribution in [0.25, 0.3) is 64.9 Å². The fraction of sp³-hybridized carbons (Fsp3) is 0.391. The maximum atomic E-state index is 13.3. The van der Waals surface area contributed by atoms with Crippen LogP contribution in [-0.4, -0.2) is 25.8 Å². The van der Waals surface area contributed by atoms with E-state index in [9.17, 15) is 4.39 Å². The molecule has 0 spiro atoms. The van der Waals surface area contributed by atoms with Gasteiger partial charge in [0.15, 0.2) is 0 Å². The molecular formula is C87H115FN6O2S. The molecular weight excluding hydrogens is 1210 g/mol. The first kappa shape index (κ1) is 79.3. The van der Waals surface area contributed by atoms with Crippen molar-refractivity contribution in [3.05, 3.63) is 245 Å². The van der Waals surface area contributed by atoms with Gasteiger partial charge in [-0.1, -0.05) is 263 Å². The quantitative estimate of drug-likeness (QED) is 0.164. The van der Waals surface area contributed by atoms with Crippen LogP contribution in [0.2, 0.25) is 0 Å². The smallest absolute Gasteiger partial charge is 0.137 e. The van der Waals surface area contributed by atoms with Crippen LogP contribution in [0.3, 0.4) is 0 Å². The molecule has 0 bridgehead atoms. The van der Waals surface area contributed by atoms with Crippen LogP contribution in [0.1, 0.15) is 188 Å². The summed E-state index contributed by atoms with van der Waals surface area (Å²) in [6.07, 6.45) is 9.44. The van der Waals surface area contributed by atoms with Crippen molar-refractivity contribution in [2.45, 2.75) is 188 Å². The zero-order valence-electron chi connectivity index (χ0n) is 63.7. The fourth-order valence-electron chi connectivity index (χ4n) is 9.77. The zero-order chi connectivity index (χ0) is 72.3. The van der Waals surface area contributed by atoms with Crippen LogP contribution >= 0.6 is 11.3 Å². The Morgan fingerprint density at radius 3 is 1.40 bits per heavy atom. The summed E-state index contributed by atoms with van der Waals surface area (Å²) in [6, 6.07) is 56.9. The highest BCUT2D eigenvalue weighted by Crippen LogP contribution is 2.33. The lowest BCUT2D eigenvalue weighted by atomic mass is 9.86. The molecule has 0 aliphatic carbocycles. The summed E-state index contributed by atoms with van der Waals surface area (Å²) in [4.78, 5) is 16.4. The second-order valence-corrected chi connectivity index (χ2v) is 34.5. The molecule has 6 aromatic heterocycles. The standard InChI is InChI=1S/C12H13FO.C12H15N.C11H14N2.C11H13NS.2C9H9N.C8H6O.3C5H12/c1-12(2,3)10-7-9(13)6-8-4-5-14-11(8)10;1-12(2,3)10-6-4-5-9-7-8-13-11(9)10;1-11(2,3)8-5-4-6-9-10(8)13-7-12-9;1-11(2,3)8-5-4-6-9-10(8)12-7-13-9;2*1-10-7-6-8-4-2-3-5-9(8)10;1-2-4-8-7(3-1)5-6-9-8;3*1-5(2,3)4/h4-7H,1-3H3;4-8,13H,1-3H3;4-6H,7H2,1-3H3;4-7H,1-3H3;2*2-7H,1H3;1-6H;3*1-4H3. The van der Waals surface area contributed by atoms with Gasteiger partial charge in [0, 0.05) is 65.6 Å². The van der Waals surface area contributed by atoms with E-state index >= 15 is 0 Å². The molecule has 10 heteroatoms. The predicted octanol–water partition coefficient (Wildman–Crippen LogP) is 25.1. The fourth-order valence-corrected chi connectivity index (χ4v) is 10.5. The minimum Gasteiger partial charge on any atom is -0.464 e. The molecule has 7 heterocycles. The van der Waals surface area contributed by atoms with Crippen LogP contribution < -0.4 is 10.7 Å². The highest BCUT2D eigenvalue weighted by atomic mass is 32.1. The maximum Gasteiger partial charge on any atom is 0.137 e. The molecule has 0 saturated heterocycles. The van der Waals surface area contributed by atoms with E-state index in [2.05, 4.69) is 316 Å². The van der Waals surface area contributed by atoms with Gasteiger partial charge in [0.1, 0.15) is 23.7 Å². The molecule has 0 amide bonds. The van der Waals surface area contributed by atoms with Gasteiger partial charge in [-0.3, -0.25) is 9.98 Å². The number of nitrogens with one attached hydrogen (secondary N) is 1. The molecule has 14 rings (SSSR count). The number of hydrogen-bond donors (Lipinski definition) is 1. The number of rotatable bonds is 0.